The number of carboxylic acid groups (broad SMARTS) is 1. The maximum atomic E-state index is 12.4. The molecule has 0 bridgehead atoms. The molecule has 1 heterocycles. The summed E-state index contributed by atoms with van der Waals surface area (Å²) in [4.78, 5) is 38.2. The summed E-state index contributed by atoms with van der Waals surface area (Å²) in [5.41, 5.74) is 2.15. The fourth-order valence-electron chi connectivity index (χ4n) is 2.67. The standard InChI is InChI=1S/C17H23N3O4.ClH/c1-13-4-2-3-5-14(13)10-16(22)20-8-6-19(7-9-20)12-15(21)18-11-17(23)24;/h2-5H,6-12H2,1H3,(H,18,21)(H,23,24);1H. The molecule has 2 amide bonds. The second-order valence-electron chi connectivity index (χ2n) is 5.93. The smallest absolute Gasteiger partial charge is 0.322 e. The van der Waals surface area contributed by atoms with Crippen LogP contribution in [-0.4, -0.2) is 72.0 Å². The van der Waals surface area contributed by atoms with Crippen molar-refractivity contribution in [3.63, 3.8) is 0 Å². The lowest BCUT2D eigenvalue weighted by atomic mass is 10.1. The van der Waals surface area contributed by atoms with Gasteiger partial charge in [-0.05, 0) is 18.1 Å². The molecule has 1 aromatic rings. The van der Waals surface area contributed by atoms with Crippen LogP contribution in [0, 0.1) is 6.92 Å². The van der Waals surface area contributed by atoms with Gasteiger partial charge in [0.1, 0.15) is 6.54 Å². The van der Waals surface area contributed by atoms with Crippen molar-refractivity contribution in [2.24, 2.45) is 0 Å². The average Bonchev–Trinajstić information content (AvgIpc) is 2.55. The van der Waals surface area contributed by atoms with Gasteiger partial charge in [0.05, 0.1) is 13.0 Å². The highest BCUT2D eigenvalue weighted by atomic mass is 35.5. The summed E-state index contributed by atoms with van der Waals surface area (Å²) in [5, 5.41) is 10.9. The molecule has 25 heavy (non-hydrogen) atoms. The lowest BCUT2D eigenvalue weighted by Gasteiger charge is -2.34. The van der Waals surface area contributed by atoms with Crippen molar-refractivity contribution < 1.29 is 19.5 Å². The van der Waals surface area contributed by atoms with Crippen molar-refractivity contribution in [2.45, 2.75) is 13.3 Å². The second-order valence-corrected chi connectivity index (χ2v) is 5.93. The molecule has 138 valence electrons. The Balaban J connectivity index is 0.00000312. The minimum Gasteiger partial charge on any atom is -0.480 e. The zero-order valence-corrected chi connectivity index (χ0v) is 15.1. The molecular formula is C17H24ClN3O4. The van der Waals surface area contributed by atoms with Gasteiger partial charge in [-0.15, -0.1) is 12.4 Å². The predicted molar refractivity (Wildman–Crippen MR) is 95.8 cm³/mol. The number of nitrogens with one attached hydrogen (secondary N) is 1. The number of carbonyl (C=O) groups excluding carboxylic acids is 2. The fraction of sp³-hybridized carbons (Fsp3) is 0.471. The Kier molecular flexibility index (Phi) is 8.37. The Hall–Kier alpha value is -2.12. The molecule has 0 aliphatic carbocycles. The third-order valence-corrected chi connectivity index (χ3v) is 4.13. The molecule has 0 aromatic heterocycles. The maximum absolute atomic E-state index is 12.4. The summed E-state index contributed by atoms with van der Waals surface area (Å²) in [6, 6.07) is 7.85. The lowest BCUT2D eigenvalue weighted by molar-refractivity contribution is -0.138. The summed E-state index contributed by atoms with van der Waals surface area (Å²) in [7, 11) is 0. The van der Waals surface area contributed by atoms with E-state index in [9.17, 15) is 14.4 Å². The molecular weight excluding hydrogens is 346 g/mol. The average molecular weight is 370 g/mol. The normalized spacial score (nSPS) is 14.5. The van der Waals surface area contributed by atoms with E-state index in [1.165, 1.54) is 0 Å². The van der Waals surface area contributed by atoms with Gasteiger partial charge >= 0.3 is 5.97 Å². The molecule has 2 rings (SSSR count). The Morgan fingerprint density at radius 3 is 2.36 bits per heavy atom. The first-order valence-corrected chi connectivity index (χ1v) is 7.99. The molecule has 1 aliphatic rings. The first-order chi connectivity index (χ1) is 11.5. The van der Waals surface area contributed by atoms with E-state index in [-0.39, 0.29) is 37.3 Å². The number of benzene rings is 1. The van der Waals surface area contributed by atoms with Crippen molar-refractivity contribution in [1.82, 2.24) is 15.1 Å². The molecule has 0 saturated carbocycles. The predicted octanol–water partition coefficient (Wildman–Crippen LogP) is 0.304. The molecule has 1 saturated heterocycles. The summed E-state index contributed by atoms with van der Waals surface area (Å²) < 4.78 is 0. The van der Waals surface area contributed by atoms with Gasteiger partial charge in [-0.25, -0.2) is 0 Å². The summed E-state index contributed by atoms with van der Waals surface area (Å²) >= 11 is 0. The SMILES string of the molecule is Cc1ccccc1CC(=O)N1CCN(CC(=O)NCC(=O)O)CC1.Cl. The fourth-order valence-corrected chi connectivity index (χ4v) is 2.67. The van der Waals surface area contributed by atoms with E-state index in [4.69, 9.17) is 5.11 Å². The maximum Gasteiger partial charge on any atom is 0.322 e. The van der Waals surface area contributed by atoms with Crippen LogP contribution in [0.3, 0.4) is 0 Å². The van der Waals surface area contributed by atoms with Gasteiger partial charge in [0.15, 0.2) is 0 Å². The van der Waals surface area contributed by atoms with E-state index in [1.807, 2.05) is 41.0 Å². The van der Waals surface area contributed by atoms with Gasteiger partial charge < -0.3 is 15.3 Å². The third-order valence-electron chi connectivity index (χ3n) is 4.13. The highest BCUT2D eigenvalue weighted by Gasteiger charge is 2.22. The van der Waals surface area contributed by atoms with Crippen molar-refractivity contribution in [1.29, 1.82) is 0 Å². The van der Waals surface area contributed by atoms with E-state index in [0.717, 1.165) is 11.1 Å². The minimum absolute atomic E-state index is 0. The van der Waals surface area contributed by atoms with Crippen molar-refractivity contribution in [2.75, 3.05) is 39.3 Å². The largest absolute Gasteiger partial charge is 0.480 e. The number of amides is 2. The molecule has 1 aliphatic heterocycles. The van der Waals surface area contributed by atoms with E-state index >= 15 is 0 Å². The van der Waals surface area contributed by atoms with E-state index in [2.05, 4.69) is 5.32 Å². The Labute approximate surface area is 153 Å². The topological polar surface area (TPSA) is 90.0 Å². The van der Waals surface area contributed by atoms with E-state index in [1.54, 1.807) is 0 Å². The van der Waals surface area contributed by atoms with Crippen LogP contribution in [-0.2, 0) is 20.8 Å². The van der Waals surface area contributed by atoms with Crippen LogP contribution in [0.15, 0.2) is 24.3 Å². The molecule has 0 atom stereocenters. The van der Waals surface area contributed by atoms with Crippen LogP contribution in [0.5, 0.6) is 0 Å². The lowest BCUT2D eigenvalue weighted by Crippen LogP contribution is -2.51. The number of halogens is 1. The molecule has 1 fully saturated rings. The molecule has 7 nitrogen and oxygen atoms in total. The van der Waals surface area contributed by atoms with Crippen LogP contribution >= 0.6 is 12.4 Å². The van der Waals surface area contributed by atoms with Gasteiger partial charge in [0.25, 0.3) is 0 Å². The van der Waals surface area contributed by atoms with Crippen molar-refractivity contribution in [3.05, 3.63) is 35.4 Å². The summed E-state index contributed by atoms with van der Waals surface area (Å²) in [6.45, 7) is 4.17. The van der Waals surface area contributed by atoms with Crippen LogP contribution in [0.1, 0.15) is 11.1 Å². The molecule has 1 aromatic carbocycles. The van der Waals surface area contributed by atoms with Gasteiger partial charge in [0, 0.05) is 26.2 Å². The number of carboxylic acids is 1. The quantitative estimate of drug-likeness (QED) is 0.753. The number of aliphatic carboxylic acids is 1. The summed E-state index contributed by atoms with van der Waals surface area (Å²) in [5.74, 6) is -1.27. The van der Waals surface area contributed by atoms with Crippen LogP contribution in [0.4, 0.5) is 0 Å². The van der Waals surface area contributed by atoms with Crippen LogP contribution < -0.4 is 5.32 Å². The van der Waals surface area contributed by atoms with Crippen molar-refractivity contribution >= 4 is 30.2 Å². The Morgan fingerprint density at radius 2 is 1.76 bits per heavy atom. The Morgan fingerprint density at radius 1 is 1.12 bits per heavy atom. The molecule has 0 unspecified atom stereocenters. The van der Waals surface area contributed by atoms with Crippen LogP contribution in [0.25, 0.3) is 0 Å². The van der Waals surface area contributed by atoms with Gasteiger partial charge in [-0.1, -0.05) is 24.3 Å². The molecule has 0 spiro atoms. The molecule has 2 N–H and O–H groups in total. The van der Waals surface area contributed by atoms with Crippen molar-refractivity contribution in [3.8, 4) is 0 Å². The zero-order valence-electron chi connectivity index (χ0n) is 14.2. The van der Waals surface area contributed by atoms with Gasteiger partial charge in [-0.3, -0.25) is 19.3 Å². The number of rotatable bonds is 6. The van der Waals surface area contributed by atoms with Gasteiger partial charge in [0.2, 0.25) is 11.8 Å². The number of carbonyl (C=O) groups is 3. The number of aryl methyl sites for hydroxylation is 1. The highest BCUT2D eigenvalue weighted by molar-refractivity contribution is 5.85. The number of hydrogen-bond donors (Lipinski definition) is 2. The minimum atomic E-state index is -1.06. The van der Waals surface area contributed by atoms with E-state index < -0.39 is 5.97 Å². The summed E-state index contributed by atoms with van der Waals surface area (Å²) in [6.07, 6.45) is 0.395. The number of hydrogen-bond acceptors (Lipinski definition) is 4. The Bertz CT molecular complexity index is 616. The molecule has 8 heteroatoms. The van der Waals surface area contributed by atoms with Gasteiger partial charge in [-0.2, -0.15) is 0 Å². The third kappa shape index (κ3) is 6.72. The number of piperazine rings is 1. The zero-order chi connectivity index (χ0) is 17.5. The first kappa shape index (κ1) is 20.9. The first-order valence-electron chi connectivity index (χ1n) is 7.99. The van der Waals surface area contributed by atoms with E-state index in [0.29, 0.717) is 32.6 Å². The highest BCUT2D eigenvalue weighted by Crippen LogP contribution is 2.11. The van der Waals surface area contributed by atoms with Crippen LogP contribution in [0.2, 0.25) is 0 Å². The monoisotopic (exact) mass is 369 g/mol. The molecule has 0 radical (unpaired) electrons. The second kappa shape index (κ2) is 10.0. The number of nitrogens with zero attached hydrogens (tertiary/aromatic N) is 2.